The van der Waals surface area contributed by atoms with Gasteiger partial charge in [-0.2, -0.15) is 0 Å². The first-order valence-electron chi connectivity index (χ1n) is 4.95. The highest BCUT2D eigenvalue weighted by Crippen LogP contribution is 2.13. The van der Waals surface area contributed by atoms with Crippen molar-refractivity contribution >= 4 is 18.9 Å². The summed E-state index contributed by atoms with van der Waals surface area (Å²) in [5.74, 6) is 0. The molecule has 0 aromatic carbocycles. The number of epoxide rings is 2. The highest BCUT2D eigenvalue weighted by Gasteiger charge is 2.33. The van der Waals surface area contributed by atoms with Crippen LogP contribution >= 0.6 is 0 Å². The molecule has 2 unspecified atom stereocenters. The minimum absolute atomic E-state index is 0.0835. The maximum absolute atomic E-state index is 11.7. The van der Waals surface area contributed by atoms with Gasteiger partial charge in [-0.15, -0.1) is 0 Å². The van der Waals surface area contributed by atoms with E-state index in [0.29, 0.717) is 26.0 Å². The summed E-state index contributed by atoms with van der Waals surface area (Å²) in [4.78, 5) is 35.0. The average molecular weight is 228 g/mol. The van der Waals surface area contributed by atoms with Gasteiger partial charge in [0.2, 0.25) is 12.8 Å². The Morgan fingerprint density at radius 2 is 1.44 bits per heavy atom. The van der Waals surface area contributed by atoms with Gasteiger partial charge in [0.15, 0.2) is 0 Å². The van der Waals surface area contributed by atoms with Crippen LogP contribution in [-0.2, 0) is 19.1 Å². The third-order valence-electron chi connectivity index (χ3n) is 2.35. The highest BCUT2D eigenvalue weighted by atomic mass is 16.6. The minimum atomic E-state index is -0.629. The Morgan fingerprint density at radius 3 is 1.69 bits per heavy atom. The molecule has 0 N–H and O–H groups in total. The number of amides is 4. The molecule has 2 fully saturated rings. The Bertz CT molecular complexity index is 272. The fourth-order valence-corrected chi connectivity index (χ4v) is 1.28. The van der Waals surface area contributed by atoms with Crippen molar-refractivity contribution in [3.8, 4) is 0 Å². The number of nitrogens with zero attached hydrogens (tertiary/aromatic N) is 2. The monoisotopic (exact) mass is 228 g/mol. The van der Waals surface area contributed by atoms with E-state index in [2.05, 4.69) is 0 Å². The SMILES string of the molecule is O=CN(CC1CO1)C(=O)N(C=O)CC1CO1. The molecule has 0 radical (unpaired) electrons. The molecule has 4 amide bonds. The van der Waals surface area contributed by atoms with Crippen LogP contribution in [0.25, 0.3) is 0 Å². The van der Waals surface area contributed by atoms with Gasteiger partial charge in [-0.3, -0.25) is 19.4 Å². The first-order chi connectivity index (χ1) is 7.74. The van der Waals surface area contributed by atoms with Crippen molar-refractivity contribution in [2.24, 2.45) is 0 Å². The van der Waals surface area contributed by atoms with E-state index < -0.39 is 6.03 Å². The lowest BCUT2D eigenvalue weighted by Crippen LogP contribution is -2.44. The molecule has 7 nitrogen and oxygen atoms in total. The van der Waals surface area contributed by atoms with E-state index in [-0.39, 0.29) is 25.3 Å². The molecule has 0 saturated carbocycles. The summed E-state index contributed by atoms with van der Waals surface area (Å²) in [5, 5.41) is 0. The molecule has 2 rings (SSSR count). The number of hydrogen-bond donors (Lipinski definition) is 0. The lowest BCUT2D eigenvalue weighted by molar-refractivity contribution is -0.119. The lowest BCUT2D eigenvalue weighted by atomic mass is 10.4. The van der Waals surface area contributed by atoms with Crippen LogP contribution in [0.3, 0.4) is 0 Å². The van der Waals surface area contributed by atoms with Gasteiger partial charge in [0.05, 0.1) is 38.5 Å². The maximum Gasteiger partial charge on any atom is 0.333 e. The maximum atomic E-state index is 11.7. The summed E-state index contributed by atoms with van der Waals surface area (Å²) in [6, 6.07) is -0.629. The Morgan fingerprint density at radius 1 is 1.06 bits per heavy atom. The number of hydrogen-bond acceptors (Lipinski definition) is 5. The summed E-state index contributed by atoms with van der Waals surface area (Å²) in [7, 11) is 0. The molecule has 0 aromatic rings. The number of urea groups is 1. The number of carbonyl (C=O) groups is 3. The molecule has 2 aliphatic rings. The topological polar surface area (TPSA) is 82.8 Å². The zero-order valence-corrected chi connectivity index (χ0v) is 8.57. The number of carbonyl (C=O) groups excluding carboxylic acids is 3. The third kappa shape index (κ3) is 2.77. The van der Waals surface area contributed by atoms with Crippen molar-refractivity contribution in [1.29, 1.82) is 0 Å². The van der Waals surface area contributed by atoms with E-state index >= 15 is 0 Å². The molecule has 88 valence electrons. The van der Waals surface area contributed by atoms with Crippen LogP contribution in [0.4, 0.5) is 4.79 Å². The molecule has 2 saturated heterocycles. The molecule has 0 bridgehead atoms. The van der Waals surface area contributed by atoms with Gasteiger partial charge in [-0.05, 0) is 0 Å². The third-order valence-corrected chi connectivity index (χ3v) is 2.35. The predicted octanol–water partition coefficient (Wildman–Crippen LogP) is -1.18. The number of rotatable bonds is 6. The van der Waals surface area contributed by atoms with E-state index in [1.807, 2.05) is 0 Å². The largest absolute Gasteiger partial charge is 0.371 e. The summed E-state index contributed by atoms with van der Waals surface area (Å²) >= 11 is 0. The Labute approximate surface area is 91.9 Å². The van der Waals surface area contributed by atoms with Crippen LogP contribution in [0.15, 0.2) is 0 Å². The van der Waals surface area contributed by atoms with E-state index in [1.54, 1.807) is 0 Å². The van der Waals surface area contributed by atoms with Gasteiger partial charge in [0.1, 0.15) is 0 Å². The molecule has 16 heavy (non-hydrogen) atoms. The van der Waals surface area contributed by atoms with Gasteiger partial charge in [0, 0.05) is 0 Å². The molecule has 0 aliphatic carbocycles. The summed E-state index contributed by atoms with van der Waals surface area (Å²) < 4.78 is 9.83. The second kappa shape index (κ2) is 4.58. The van der Waals surface area contributed by atoms with Crippen LogP contribution in [0.5, 0.6) is 0 Å². The minimum Gasteiger partial charge on any atom is -0.371 e. The second-order valence-electron chi connectivity index (χ2n) is 3.71. The van der Waals surface area contributed by atoms with E-state index in [0.717, 1.165) is 9.80 Å². The number of imide groups is 2. The summed E-state index contributed by atoms with van der Waals surface area (Å²) in [6.07, 6.45) is 0.655. The highest BCUT2D eigenvalue weighted by molar-refractivity contribution is 5.91. The predicted molar refractivity (Wildman–Crippen MR) is 50.4 cm³/mol. The Kier molecular flexibility index (Phi) is 3.16. The lowest BCUT2D eigenvalue weighted by Gasteiger charge is -2.20. The Balaban J connectivity index is 1.89. The van der Waals surface area contributed by atoms with Gasteiger partial charge >= 0.3 is 6.03 Å². The van der Waals surface area contributed by atoms with Crippen molar-refractivity contribution < 1.29 is 23.9 Å². The number of ether oxygens (including phenoxy) is 2. The molecule has 2 atom stereocenters. The molecule has 7 heteroatoms. The van der Waals surface area contributed by atoms with Crippen LogP contribution < -0.4 is 0 Å². The zero-order valence-electron chi connectivity index (χ0n) is 8.57. The smallest absolute Gasteiger partial charge is 0.333 e. The van der Waals surface area contributed by atoms with E-state index in [1.165, 1.54) is 0 Å². The first-order valence-corrected chi connectivity index (χ1v) is 4.95. The van der Waals surface area contributed by atoms with Crippen LogP contribution in [0.1, 0.15) is 0 Å². The van der Waals surface area contributed by atoms with Crippen molar-refractivity contribution in [2.75, 3.05) is 26.3 Å². The van der Waals surface area contributed by atoms with Crippen LogP contribution in [-0.4, -0.2) is 67.2 Å². The quantitative estimate of drug-likeness (QED) is 0.422. The van der Waals surface area contributed by atoms with E-state index in [9.17, 15) is 14.4 Å². The van der Waals surface area contributed by atoms with Gasteiger partial charge in [-0.1, -0.05) is 0 Å². The van der Waals surface area contributed by atoms with Crippen molar-refractivity contribution in [1.82, 2.24) is 9.80 Å². The fourth-order valence-electron chi connectivity index (χ4n) is 1.28. The zero-order chi connectivity index (χ0) is 11.5. The summed E-state index contributed by atoms with van der Waals surface area (Å²) in [6.45, 7) is 1.48. The second-order valence-corrected chi connectivity index (χ2v) is 3.71. The molecular weight excluding hydrogens is 216 g/mol. The fraction of sp³-hybridized carbons (Fsp3) is 0.667. The average Bonchev–Trinajstić information content (AvgIpc) is 3.15. The molecule has 0 spiro atoms. The van der Waals surface area contributed by atoms with Gasteiger partial charge in [-0.25, -0.2) is 4.79 Å². The molecule has 2 heterocycles. The van der Waals surface area contributed by atoms with Crippen LogP contribution in [0.2, 0.25) is 0 Å². The molecular formula is C9H12N2O5. The van der Waals surface area contributed by atoms with Gasteiger partial charge < -0.3 is 9.47 Å². The first kappa shape index (κ1) is 11.0. The van der Waals surface area contributed by atoms with Crippen molar-refractivity contribution in [2.45, 2.75) is 12.2 Å². The molecule has 2 aliphatic heterocycles. The van der Waals surface area contributed by atoms with Crippen LogP contribution in [0, 0.1) is 0 Å². The van der Waals surface area contributed by atoms with Gasteiger partial charge in [0.25, 0.3) is 0 Å². The van der Waals surface area contributed by atoms with Crippen molar-refractivity contribution in [3.63, 3.8) is 0 Å². The van der Waals surface area contributed by atoms with E-state index in [4.69, 9.17) is 9.47 Å². The summed E-state index contributed by atoms with van der Waals surface area (Å²) in [5.41, 5.74) is 0. The molecule has 0 aromatic heterocycles. The Hall–Kier alpha value is -1.47. The standard InChI is InChI=1S/C9H12N2O5/c12-5-10(1-7-3-15-7)9(14)11(6-13)2-8-4-16-8/h5-8H,1-4H2. The normalized spacial score (nSPS) is 25.8. The van der Waals surface area contributed by atoms with Crippen molar-refractivity contribution in [3.05, 3.63) is 0 Å².